The lowest BCUT2D eigenvalue weighted by molar-refractivity contribution is -0.123. The second-order valence-electron chi connectivity index (χ2n) is 5.68. The SMILES string of the molecule is COC(=O)c1ccc(CN2C(=O)N/C(=C/c3cc(Cl)cc(OC)c3O)C2=O)o1. The van der Waals surface area contributed by atoms with Gasteiger partial charge in [0.2, 0.25) is 5.76 Å². The van der Waals surface area contributed by atoms with Crippen molar-refractivity contribution in [3.8, 4) is 11.5 Å². The number of phenolic OH excluding ortho intramolecular Hbond substituents is 1. The van der Waals surface area contributed by atoms with Gasteiger partial charge in [0.05, 0.1) is 20.8 Å². The van der Waals surface area contributed by atoms with Gasteiger partial charge in [0, 0.05) is 16.7 Å². The Bertz CT molecular complexity index is 996. The third-order valence-corrected chi connectivity index (χ3v) is 4.13. The Balaban J connectivity index is 1.84. The minimum absolute atomic E-state index is 0.0451. The van der Waals surface area contributed by atoms with Crippen LogP contribution in [0.1, 0.15) is 21.9 Å². The Morgan fingerprint density at radius 2 is 2.07 bits per heavy atom. The van der Waals surface area contributed by atoms with Crippen LogP contribution in [0.5, 0.6) is 11.5 Å². The lowest BCUT2D eigenvalue weighted by atomic mass is 10.1. The number of amides is 3. The molecule has 0 aliphatic carbocycles. The van der Waals surface area contributed by atoms with Crippen LogP contribution in [-0.2, 0) is 16.1 Å². The molecule has 10 heteroatoms. The number of imide groups is 1. The van der Waals surface area contributed by atoms with Crippen molar-refractivity contribution in [1.82, 2.24) is 10.2 Å². The molecule has 28 heavy (non-hydrogen) atoms. The molecule has 1 fully saturated rings. The van der Waals surface area contributed by atoms with Crippen LogP contribution in [0, 0.1) is 0 Å². The molecule has 146 valence electrons. The number of methoxy groups -OCH3 is 2. The zero-order valence-corrected chi connectivity index (χ0v) is 15.6. The van der Waals surface area contributed by atoms with E-state index in [4.69, 9.17) is 20.8 Å². The lowest BCUT2D eigenvalue weighted by Crippen LogP contribution is -2.30. The van der Waals surface area contributed by atoms with Crippen molar-refractivity contribution < 1.29 is 33.4 Å². The van der Waals surface area contributed by atoms with E-state index in [0.717, 1.165) is 4.90 Å². The van der Waals surface area contributed by atoms with Crippen molar-refractivity contribution in [2.45, 2.75) is 6.54 Å². The maximum Gasteiger partial charge on any atom is 0.373 e. The van der Waals surface area contributed by atoms with E-state index in [9.17, 15) is 19.5 Å². The van der Waals surface area contributed by atoms with Gasteiger partial charge in [-0.25, -0.2) is 9.59 Å². The number of urea groups is 1. The second kappa shape index (κ2) is 7.65. The first kappa shape index (κ1) is 19.3. The number of furan rings is 1. The zero-order chi connectivity index (χ0) is 20.4. The summed E-state index contributed by atoms with van der Waals surface area (Å²) in [6.07, 6.45) is 1.28. The highest BCUT2D eigenvalue weighted by Crippen LogP contribution is 2.35. The first-order valence-electron chi connectivity index (χ1n) is 7.92. The van der Waals surface area contributed by atoms with Crippen LogP contribution in [0.2, 0.25) is 5.02 Å². The maximum absolute atomic E-state index is 12.6. The Morgan fingerprint density at radius 3 is 2.75 bits per heavy atom. The predicted octanol–water partition coefficient (Wildman–Crippen LogP) is 2.53. The van der Waals surface area contributed by atoms with Crippen molar-refractivity contribution in [1.29, 1.82) is 0 Å². The molecular formula is C18H15ClN2O7. The van der Waals surface area contributed by atoms with Gasteiger partial charge in [-0.15, -0.1) is 0 Å². The fourth-order valence-corrected chi connectivity index (χ4v) is 2.78. The number of hydrogen-bond donors (Lipinski definition) is 2. The number of phenols is 1. The molecule has 0 bridgehead atoms. The number of rotatable bonds is 5. The van der Waals surface area contributed by atoms with E-state index in [1.54, 1.807) is 0 Å². The third kappa shape index (κ3) is 3.65. The van der Waals surface area contributed by atoms with E-state index in [-0.39, 0.29) is 45.8 Å². The average molecular weight is 407 g/mol. The first-order valence-corrected chi connectivity index (χ1v) is 8.30. The quantitative estimate of drug-likeness (QED) is 0.445. The monoisotopic (exact) mass is 406 g/mol. The smallest absolute Gasteiger partial charge is 0.373 e. The van der Waals surface area contributed by atoms with E-state index in [2.05, 4.69) is 10.1 Å². The number of ether oxygens (including phenoxy) is 2. The molecule has 0 spiro atoms. The van der Waals surface area contributed by atoms with Crippen LogP contribution >= 0.6 is 11.6 Å². The lowest BCUT2D eigenvalue weighted by Gasteiger charge is -2.09. The molecule has 2 aromatic rings. The second-order valence-corrected chi connectivity index (χ2v) is 6.12. The van der Waals surface area contributed by atoms with Gasteiger partial charge < -0.3 is 24.3 Å². The minimum atomic E-state index is -0.680. The molecule has 0 radical (unpaired) electrons. The predicted molar refractivity (Wildman–Crippen MR) is 96.8 cm³/mol. The Hall–Kier alpha value is -3.46. The largest absolute Gasteiger partial charge is 0.504 e. The van der Waals surface area contributed by atoms with Gasteiger partial charge in [-0.05, 0) is 24.3 Å². The third-order valence-electron chi connectivity index (χ3n) is 3.91. The van der Waals surface area contributed by atoms with Gasteiger partial charge in [0.15, 0.2) is 11.5 Å². The van der Waals surface area contributed by atoms with Gasteiger partial charge in [-0.2, -0.15) is 0 Å². The number of esters is 1. The van der Waals surface area contributed by atoms with Gasteiger partial charge >= 0.3 is 12.0 Å². The number of nitrogens with one attached hydrogen (secondary N) is 1. The van der Waals surface area contributed by atoms with Crippen molar-refractivity contribution in [3.63, 3.8) is 0 Å². The van der Waals surface area contributed by atoms with E-state index in [1.807, 2.05) is 0 Å². The van der Waals surface area contributed by atoms with Gasteiger partial charge in [0.1, 0.15) is 11.5 Å². The molecule has 9 nitrogen and oxygen atoms in total. The summed E-state index contributed by atoms with van der Waals surface area (Å²) in [6.45, 7) is -0.191. The van der Waals surface area contributed by atoms with E-state index in [1.165, 1.54) is 44.6 Å². The summed E-state index contributed by atoms with van der Waals surface area (Å²) in [5.41, 5.74) is 0.130. The number of carbonyl (C=O) groups excluding carboxylic acids is 3. The summed E-state index contributed by atoms with van der Waals surface area (Å²) in [4.78, 5) is 37.1. The van der Waals surface area contributed by atoms with Gasteiger partial charge in [-0.3, -0.25) is 9.69 Å². The van der Waals surface area contributed by atoms with Gasteiger partial charge in [0.25, 0.3) is 5.91 Å². The Morgan fingerprint density at radius 1 is 1.32 bits per heavy atom. The number of hydrogen-bond acceptors (Lipinski definition) is 7. The minimum Gasteiger partial charge on any atom is -0.504 e. The number of halogens is 1. The first-order chi connectivity index (χ1) is 13.3. The molecule has 0 atom stereocenters. The Labute approximate surface area is 164 Å². The molecule has 2 heterocycles. The molecule has 3 rings (SSSR count). The molecule has 2 N–H and O–H groups in total. The number of carbonyl (C=O) groups is 3. The van der Waals surface area contributed by atoms with Gasteiger partial charge in [-0.1, -0.05) is 11.6 Å². The highest BCUT2D eigenvalue weighted by atomic mass is 35.5. The van der Waals surface area contributed by atoms with Crippen LogP contribution in [0.15, 0.2) is 34.4 Å². The number of nitrogens with zero attached hydrogens (tertiary/aromatic N) is 1. The van der Waals surface area contributed by atoms with E-state index in [0.29, 0.717) is 0 Å². The zero-order valence-electron chi connectivity index (χ0n) is 14.8. The van der Waals surface area contributed by atoms with Crippen LogP contribution in [0.4, 0.5) is 4.79 Å². The van der Waals surface area contributed by atoms with Crippen LogP contribution in [-0.4, -0.2) is 42.1 Å². The highest BCUT2D eigenvalue weighted by molar-refractivity contribution is 6.31. The fraction of sp³-hybridized carbons (Fsp3) is 0.167. The molecule has 0 unspecified atom stereocenters. The molecule has 1 aromatic carbocycles. The molecule has 1 aromatic heterocycles. The summed E-state index contributed by atoms with van der Waals surface area (Å²) >= 11 is 5.97. The Kier molecular flexibility index (Phi) is 5.27. The fourth-order valence-electron chi connectivity index (χ4n) is 2.56. The molecule has 1 saturated heterocycles. The summed E-state index contributed by atoms with van der Waals surface area (Å²) in [7, 11) is 2.57. The summed E-state index contributed by atoms with van der Waals surface area (Å²) in [5, 5.41) is 12.9. The maximum atomic E-state index is 12.6. The summed E-state index contributed by atoms with van der Waals surface area (Å²) in [5.74, 6) is -1.24. The standard InChI is InChI=1S/C18H15ClN2O7/c1-26-14-7-10(19)5-9(15(14)22)6-12-16(23)21(18(25)20-12)8-11-3-4-13(28-11)17(24)27-2/h3-7,22H,8H2,1-2H3,(H,20,25)/b12-6+. The van der Waals surface area contributed by atoms with Crippen molar-refractivity contribution >= 4 is 35.6 Å². The molecule has 0 saturated carbocycles. The van der Waals surface area contributed by atoms with Crippen LogP contribution in [0.3, 0.4) is 0 Å². The topological polar surface area (TPSA) is 118 Å². The average Bonchev–Trinajstić information content (AvgIpc) is 3.24. The van der Waals surface area contributed by atoms with E-state index < -0.39 is 17.9 Å². The number of benzene rings is 1. The number of aromatic hydroxyl groups is 1. The summed E-state index contributed by atoms with van der Waals surface area (Å²) in [6, 6.07) is 5.00. The van der Waals surface area contributed by atoms with Crippen LogP contribution < -0.4 is 10.1 Å². The van der Waals surface area contributed by atoms with E-state index >= 15 is 0 Å². The highest BCUT2D eigenvalue weighted by Gasteiger charge is 2.34. The molecule has 1 aliphatic heterocycles. The molecular weight excluding hydrogens is 392 g/mol. The molecule has 3 amide bonds. The molecule has 1 aliphatic rings. The summed E-state index contributed by atoms with van der Waals surface area (Å²) < 4.78 is 14.8. The van der Waals surface area contributed by atoms with Crippen molar-refractivity contribution in [3.05, 3.63) is 52.1 Å². The normalized spacial score (nSPS) is 15.1. The van der Waals surface area contributed by atoms with Crippen molar-refractivity contribution in [2.75, 3.05) is 14.2 Å². The van der Waals surface area contributed by atoms with Crippen molar-refractivity contribution in [2.24, 2.45) is 0 Å². The van der Waals surface area contributed by atoms with Crippen LogP contribution in [0.25, 0.3) is 6.08 Å².